The first kappa shape index (κ1) is 13.8. The van der Waals surface area contributed by atoms with Crippen LogP contribution in [0.1, 0.15) is 40.9 Å². The average molecular weight is 402 g/mol. The van der Waals surface area contributed by atoms with Gasteiger partial charge in [0.05, 0.1) is 9.89 Å². The number of halogens is 2. The minimum Gasteiger partial charge on any atom is -0.387 e. The number of rotatable bonds is 2. The Labute approximate surface area is 133 Å². The summed E-state index contributed by atoms with van der Waals surface area (Å²) in [6, 6.07) is 10.5. The molecule has 19 heavy (non-hydrogen) atoms. The Balaban J connectivity index is 1.95. The molecule has 1 heterocycles. The summed E-state index contributed by atoms with van der Waals surface area (Å²) in [5, 5.41) is 10.7. The predicted octanol–water partition coefficient (Wildman–Crippen LogP) is 5.43. The zero-order valence-corrected chi connectivity index (χ0v) is 14.3. The Morgan fingerprint density at radius 3 is 2.79 bits per heavy atom. The van der Waals surface area contributed by atoms with Gasteiger partial charge in [-0.1, -0.05) is 24.3 Å². The van der Waals surface area contributed by atoms with Crippen molar-refractivity contribution in [2.24, 2.45) is 0 Å². The molecular weight excluding hydrogens is 388 g/mol. The molecular formula is C15H14Br2OS. The SMILES string of the molecule is OC(c1cc(Br)c(Br)s1)C1CCCc2ccccc21. The molecule has 0 amide bonds. The maximum absolute atomic E-state index is 10.7. The molecule has 0 bridgehead atoms. The fourth-order valence-corrected chi connectivity index (χ4v) is 4.97. The van der Waals surface area contributed by atoms with Crippen molar-refractivity contribution in [1.82, 2.24) is 0 Å². The number of aliphatic hydroxyl groups excluding tert-OH is 1. The van der Waals surface area contributed by atoms with Crippen molar-refractivity contribution in [3.05, 3.63) is 54.6 Å². The van der Waals surface area contributed by atoms with Crippen molar-refractivity contribution < 1.29 is 5.11 Å². The summed E-state index contributed by atoms with van der Waals surface area (Å²) < 4.78 is 2.07. The number of hydrogen-bond acceptors (Lipinski definition) is 2. The van der Waals surface area contributed by atoms with E-state index >= 15 is 0 Å². The molecule has 2 aromatic rings. The van der Waals surface area contributed by atoms with Gasteiger partial charge in [-0.15, -0.1) is 11.3 Å². The number of hydrogen-bond donors (Lipinski definition) is 1. The minimum absolute atomic E-state index is 0.224. The van der Waals surface area contributed by atoms with Gasteiger partial charge in [-0.3, -0.25) is 0 Å². The first-order valence-electron chi connectivity index (χ1n) is 6.37. The minimum atomic E-state index is -0.408. The fourth-order valence-electron chi connectivity index (χ4n) is 2.83. The topological polar surface area (TPSA) is 20.2 Å². The molecule has 0 aliphatic heterocycles. The van der Waals surface area contributed by atoms with Crippen LogP contribution in [0.15, 0.2) is 38.6 Å². The molecule has 1 aromatic heterocycles. The molecule has 1 N–H and O–H groups in total. The lowest BCUT2D eigenvalue weighted by Crippen LogP contribution is -2.16. The highest BCUT2D eigenvalue weighted by atomic mass is 79.9. The molecule has 3 rings (SSSR count). The molecule has 2 atom stereocenters. The van der Waals surface area contributed by atoms with Crippen LogP contribution in [0.4, 0.5) is 0 Å². The van der Waals surface area contributed by atoms with Crippen molar-refractivity contribution in [3.8, 4) is 0 Å². The highest BCUT2D eigenvalue weighted by molar-refractivity contribution is 9.13. The van der Waals surface area contributed by atoms with E-state index in [9.17, 15) is 5.11 Å². The molecule has 1 aromatic carbocycles. The summed E-state index contributed by atoms with van der Waals surface area (Å²) in [6.45, 7) is 0. The van der Waals surface area contributed by atoms with Crippen LogP contribution in [0.2, 0.25) is 0 Å². The van der Waals surface area contributed by atoms with E-state index in [0.717, 1.165) is 32.4 Å². The van der Waals surface area contributed by atoms with Gasteiger partial charge in [-0.2, -0.15) is 0 Å². The van der Waals surface area contributed by atoms with Crippen molar-refractivity contribution in [3.63, 3.8) is 0 Å². The van der Waals surface area contributed by atoms with Gasteiger partial charge >= 0.3 is 0 Å². The van der Waals surface area contributed by atoms with Gasteiger partial charge in [-0.25, -0.2) is 0 Å². The third-order valence-corrected chi connectivity index (χ3v) is 7.08. The van der Waals surface area contributed by atoms with Crippen LogP contribution >= 0.6 is 43.2 Å². The highest BCUT2D eigenvalue weighted by Crippen LogP contribution is 2.44. The van der Waals surface area contributed by atoms with E-state index in [-0.39, 0.29) is 5.92 Å². The smallest absolute Gasteiger partial charge is 0.0951 e. The Bertz CT molecular complexity index is 574. The van der Waals surface area contributed by atoms with E-state index in [2.05, 4.69) is 56.1 Å². The van der Waals surface area contributed by atoms with E-state index in [1.165, 1.54) is 11.1 Å². The van der Waals surface area contributed by atoms with Gasteiger partial charge in [0.15, 0.2) is 0 Å². The predicted molar refractivity (Wildman–Crippen MR) is 86.8 cm³/mol. The quantitative estimate of drug-likeness (QED) is 0.711. The highest BCUT2D eigenvalue weighted by Gasteiger charge is 2.28. The molecule has 0 saturated carbocycles. The third-order valence-electron chi connectivity index (χ3n) is 3.75. The molecule has 1 nitrogen and oxygen atoms in total. The van der Waals surface area contributed by atoms with Crippen LogP contribution in [-0.4, -0.2) is 5.11 Å². The standard InChI is InChI=1S/C15H14Br2OS/c16-12-8-13(19-15(12)17)14(18)11-7-3-5-9-4-1-2-6-10(9)11/h1-2,4,6,8,11,14,18H,3,5,7H2. The van der Waals surface area contributed by atoms with Crippen LogP contribution < -0.4 is 0 Å². The lowest BCUT2D eigenvalue weighted by molar-refractivity contribution is 0.139. The van der Waals surface area contributed by atoms with Crippen molar-refractivity contribution in [2.45, 2.75) is 31.3 Å². The van der Waals surface area contributed by atoms with Gasteiger partial charge in [-0.05, 0) is 68.3 Å². The lowest BCUT2D eigenvalue weighted by atomic mass is 9.79. The molecule has 1 aliphatic rings. The Morgan fingerprint density at radius 2 is 2.05 bits per heavy atom. The summed E-state index contributed by atoms with van der Waals surface area (Å²) >= 11 is 8.60. The number of benzene rings is 1. The molecule has 2 unspecified atom stereocenters. The van der Waals surface area contributed by atoms with Crippen LogP contribution in [0, 0.1) is 0 Å². The summed E-state index contributed by atoms with van der Waals surface area (Å²) in [5.74, 6) is 0.224. The van der Waals surface area contributed by atoms with E-state index in [4.69, 9.17) is 0 Å². The number of aryl methyl sites for hydroxylation is 1. The van der Waals surface area contributed by atoms with Crippen molar-refractivity contribution >= 4 is 43.2 Å². The molecule has 4 heteroatoms. The zero-order chi connectivity index (χ0) is 13.4. The first-order chi connectivity index (χ1) is 9.16. The van der Waals surface area contributed by atoms with E-state index in [1.807, 2.05) is 6.07 Å². The normalized spacial score (nSPS) is 20.1. The summed E-state index contributed by atoms with van der Waals surface area (Å²) in [5.41, 5.74) is 2.72. The second-order valence-electron chi connectivity index (χ2n) is 4.91. The van der Waals surface area contributed by atoms with Gasteiger partial charge in [0.1, 0.15) is 0 Å². The molecule has 1 aliphatic carbocycles. The van der Waals surface area contributed by atoms with E-state index in [0.29, 0.717) is 0 Å². The number of thiophene rings is 1. The summed E-state index contributed by atoms with van der Waals surface area (Å²) in [7, 11) is 0. The van der Waals surface area contributed by atoms with Crippen LogP contribution in [0.3, 0.4) is 0 Å². The number of aliphatic hydroxyl groups is 1. The van der Waals surface area contributed by atoms with Gasteiger partial charge in [0.25, 0.3) is 0 Å². The van der Waals surface area contributed by atoms with Crippen molar-refractivity contribution in [2.75, 3.05) is 0 Å². The summed E-state index contributed by atoms with van der Waals surface area (Å²) in [6.07, 6.45) is 2.95. The lowest BCUT2D eigenvalue weighted by Gasteiger charge is -2.28. The van der Waals surface area contributed by atoms with Crippen LogP contribution in [0.25, 0.3) is 0 Å². The maximum Gasteiger partial charge on any atom is 0.0951 e. The second-order valence-corrected chi connectivity index (χ2v) is 8.17. The molecule has 0 spiro atoms. The maximum atomic E-state index is 10.7. The van der Waals surface area contributed by atoms with Gasteiger partial charge < -0.3 is 5.11 Å². The molecule has 0 radical (unpaired) electrons. The van der Waals surface area contributed by atoms with Crippen LogP contribution in [0.5, 0.6) is 0 Å². The van der Waals surface area contributed by atoms with Crippen LogP contribution in [-0.2, 0) is 6.42 Å². The molecule has 100 valence electrons. The Morgan fingerprint density at radius 1 is 1.26 bits per heavy atom. The summed E-state index contributed by atoms with van der Waals surface area (Å²) in [4.78, 5) is 1.03. The first-order valence-corrected chi connectivity index (χ1v) is 8.77. The molecule has 0 fully saturated rings. The average Bonchev–Trinajstić information content (AvgIpc) is 2.77. The van der Waals surface area contributed by atoms with Gasteiger partial charge in [0.2, 0.25) is 0 Å². The zero-order valence-electron chi connectivity index (χ0n) is 10.3. The fraction of sp³-hybridized carbons (Fsp3) is 0.333. The monoisotopic (exact) mass is 400 g/mol. The Hall–Kier alpha value is -0.160. The molecule has 0 saturated heterocycles. The van der Waals surface area contributed by atoms with Gasteiger partial charge in [0, 0.05) is 15.3 Å². The Kier molecular flexibility index (Phi) is 4.13. The second kappa shape index (κ2) is 5.68. The third kappa shape index (κ3) is 2.68. The van der Waals surface area contributed by atoms with Crippen molar-refractivity contribution in [1.29, 1.82) is 0 Å². The largest absolute Gasteiger partial charge is 0.387 e. The van der Waals surface area contributed by atoms with E-state index < -0.39 is 6.10 Å². The number of fused-ring (bicyclic) bond motifs is 1. The van der Waals surface area contributed by atoms with E-state index in [1.54, 1.807) is 11.3 Å².